The summed E-state index contributed by atoms with van der Waals surface area (Å²) in [6, 6.07) is 12.0. The summed E-state index contributed by atoms with van der Waals surface area (Å²) in [5, 5.41) is 0. The van der Waals surface area contributed by atoms with Crippen LogP contribution in [-0.4, -0.2) is 38.1 Å². The molecular formula is C16H20N4O. The van der Waals surface area contributed by atoms with Gasteiger partial charge in [0.1, 0.15) is 0 Å². The van der Waals surface area contributed by atoms with Gasteiger partial charge in [0.05, 0.1) is 11.3 Å². The van der Waals surface area contributed by atoms with Gasteiger partial charge in [0.25, 0.3) is 5.91 Å². The Balaban J connectivity index is 2.02. The second-order valence-corrected chi connectivity index (χ2v) is 4.94. The average molecular weight is 284 g/mol. The van der Waals surface area contributed by atoms with Crippen molar-refractivity contribution < 1.29 is 4.79 Å². The smallest absolute Gasteiger partial charge is 0.252 e. The van der Waals surface area contributed by atoms with E-state index in [-0.39, 0.29) is 0 Å². The van der Waals surface area contributed by atoms with Crippen molar-refractivity contribution in [2.24, 2.45) is 5.73 Å². The average Bonchev–Trinajstić information content (AvgIpc) is 2.53. The van der Waals surface area contributed by atoms with Gasteiger partial charge in [0, 0.05) is 45.3 Å². The molecule has 21 heavy (non-hydrogen) atoms. The highest BCUT2D eigenvalue weighted by atomic mass is 16.1. The van der Waals surface area contributed by atoms with E-state index in [1.54, 1.807) is 6.20 Å². The highest BCUT2D eigenvalue weighted by molar-refractivity contribution is 5.98. The van der Waals surface area contributed by atoms with Crippen LogP contribution in [0.1, 0.15) is 10.4 Å². The van der Waals surface area contributed by atoms with Crippen molar-refractivity contribution in [3.8, 4) is 0 Å². The molecule has 2 aromatic rings. The first-order chi connectivity index (χ1) is 10.1. The summed E-state index contributed by atoms with van der Waals surface area (Å²) in [6.07, 6.45) is 3.17. The Kier molecular flexibility index (Phi) is 4.77. The van der Waals surface area contributed by atoms with E-state index in [0.717, 1.165) is 24.5 Å². The lowest BCUT2D eigenvalue weighted by Gasteiger charge is -2.26. The minimum absolute atomic E-state index is 0.447. The molecule has 0 atom stereocenters. The molecule has 0 radical (unpaired) electrons. The summed E-state index contributed by atoms with van der Waals surface area (Å²) in [4.78, 5) is 19.6. The largest absolute Gasteiger partial charge is 0.373 e. The summed E-state index contributed by atoms with van der Waals surface area (Å²) in [5.74, 6) is -0.457. The van der Waals surface area contributed by atoms with E-state index in [4.69, 9.17) is 5.73 Å². The predicted molar refractivity (Wildman–Crippen MR) is 85.7 cm³/mol. The maximum Gasteiger partial charge on any atom is 0.252 e. The Labute approximate surface area is 125 Å². The van der Waals surface area contributed by atoms with E-state index in [9.17, 15) is 4.79 Å². The van der Waals surface area contributed by atoms with Gasteiger partial charge in [0.15, 0.2) is 0 Å². The van der Waals surface area contributed by atoms with Crippen molar-refractivity contribution in [3.05, 3.63) is 54.4 Å². The topological polar surface area (TPSA) is 62.5 Å². The van der Waals surface area contributed by atoms with Crippen molar-refractivity contribution in [3.63, 3.8) is 0 Å². The first kappa shape index (κ1) is 14.8. The zero-order valence-corrected chi connectivity index (χ0v) is 12.4. The number of carbonyl (C=O) groups is 1. The second kappa shape index (κ2) is 6.74. The van der Waals surface area contributed by atoms with Crippen molar-refractivity contribution in [1.29, 1.82) is 0 Å². The first-order valence-electron chi connectivity index (χ1n) is 6.80. The van der Waals surface area contributed by atoms with Gasteiger partial charge in [-0.15, -0.1) is 0 Å². The molecule has 0 fully saturated rings. The minimum atomic E-state index is -0.457. The molecule has 5 heteroatoms. The summed E-state index contributed by atoms with van der Waals surface area (Å²) in [7, 11) is 3.99. The number of nitrogens with zero attached hydrogens (tertiary/aromatic N) is 3. The number of primary amides is 1. The minimum Gasteiger partial charge on any atom is -0.373 e. The predicted octanol–water partition coefficient (Wildman–Crippen LogP) is 1.75. The van der Waals surface area contributed by atoms with E-state index in [2.05, 4.69) is 22.0 Å². The zero-order valence-electron chi connectivity index (χ0n) is 12.4. The lowest BCUT2D eigenvalue weighted by Crippen LogP contribution is -2.32. The van der Waals surface area contributed by atoms with Crippen LogP contribution in [0.25, 0.3) is 0 Å². The highest BCUT2D eigenvalue weighted by Gasteiger charge is 2.12. The molecule has 0 aliphatic heterocycles. The molecule has 1 amide bonds. The maximum absolute atomic E-state index is 11.4. The molecule has 5 nitrogen and oxygen atoms in total. The fourth-order valence-electron chi connectivity index (χ4n) is 2.14. The Morgan fingerprint density at radius 2 is 1.76 bits per heavy atom. The molecule has 0 saturated heterocycles. The molecule has 0 bridgehead atoms. The first-order valence-corrected chi connectivity index (χ1v) is 6.80. The van der Waals surface area contributed by atoms with Crippen LogP contribution in [0.4, 0.5) is 11.4 Å². The van der Waals surface area contributed by atoms with E-state index in [0.29, 0.717) is 5.56 Å². The number of pyridine rings is 1. The Hall–Kier alpha value is -2.56. The van der Waals surface area contributed by atoms with Crippen LogP contribution in [0.5, 0.6) is 0 Å². The van der Waals surface area contributed by atoms with Crippen LogP contribution >= 0.6 is 0 Å². The fraction of sp³-hybridized carbons (Fsp3) is 0.250. The molecule has 0 unspecified atom stereocenters. The lowest BCUT2D eigenvalue weighted by molar-refractivity contribution is 0.100. The third-order valence-corrected chi connectivity index (χ3v) is 3.44. The third-order valence-electron chi connectivity index (χ3n) is 3.44. The summed E-state index contributed by atoms with van der Waals surface area (Å²) in [6.45, 7) is 1.61. The lowest BCUT2D eigenvalue weighted by atomic mass is 10.2. The number of likely N-dealkylation sites (N-methyl/N-ethyl adjacent to an activating group) is 2. The van der Waals surface area contributed by atoms with Crippen molar-refractivity contribution in [2.45, 2.75) is 0 Å². The SMILES string of the molecule is CN(CCN(C)c1ccncc1C(N)=O)c1ccccc1. The number of carbonyl (C=O) groups excluding carboxylic acids is 1. The van der Waals surface area contributed by atoms with Crippen LogP contribution < -0.4 is 15.5 Å². The van der Waals surface area contributed by atoms with Crippen molar-refractivity contribution >= 4 is 17.3 Å². The molecule has 1 aromatic carbocycles. The van der Waals surface area contributed by atoms with Gasteiger partial charge in [0.2, 0.25) is 0 Å². The van der Waals surface area contributed by atoms with Crippen molar-refractivity contribution in [1.82, 2.24) is 4.98 Å². The van der Waals surface area contributed by atoms with Crippen LogP contribution in [0, 0.1) is 0 Å². The number of hydrogen-bond acceptors (Lipinski definition) is 4. The summed E-state index contributed by atoms with van der Waals surface area (Å²) in [5.41, 5.74) is 7.80. The van der Waals surface area contributed by atoms with Crippen LogP contribution in [-0.2, 0) is 0 Å². The number of aromatic nitrogens is 1. The molecule has 1 heterocycles. The maximum atomic E-state index is 11.4. The van der Waals surface area contributed by atoms with Gasteiger partial charge in [-0.3, -0.25) is 9.78 Å². The quantitative estimate of drug-likeness (QED) is 0.878. The normalized spacial score (nSPS) is 10.2. The second-order valence-electron chi connectivity index (χ2n) is 4.94. The number of benzene rings is 1. The van der Waals surface area contributed by atoms with Crippen LogP contribution in [0.3, 0.4) is 0 Å². The molecular weight excluding hydrogens is 264 g/mol. The van der Waals surface area contributed by atoms with Crippen molar-refractivity contribution in [2.75, 3.05) is 37.0 Å². The van der Waals surface area contributed by atoms with Crippen LogP contribution in [0.15, 0.2) is 48.8 Å². The van der Waals surface area contributed by atoms with E-state index >= 15 is 0 Å². The third kappa shape index (κ3) is 3.72. The van der Waals surface area contributed by atoms with Gasteiger partial charge in [-0.25, -0.2) is 0 Å². The Bertz CT molecular complexity index is 600. The summed E-state index contributed by atoms with van der Waals surface area (Å²) < 4.78 is 0. The van der Waals surface area contributed by atoms with Gasteiger partial charge in [-0.05, 0) is 18.2 Å². The molecule has 2 rings (SSSR count). The highest BCUT2D eigenvalue weighted by Crippen LogP contribution is 2.18. The molecule has 0 aliphatic rings. The van der Waals surface area contributed by atoms with Gasteiger partial charge >= 0.3 is 0 Å². The van der Waals surface area contributed by atoms with Gasteiger partial charge in [-0.1, -0.05) is 18.2 Å². The Morgan fingerprint density at radius 1 is 1.10 bits per heavy atom. The number of amides is 1. The number of rotatable bonds is 6. The molecule has 0 saturated carbocycles. The van der Waals surface area contributed by atoms with E-state index in [1.165, 1.54) is 6.20 Å². The summed E-state index contributed by atoms with van der Waals surface area (Å²) >= 11 is 0. The zero-order chi connectivity index (χ0) is 15.2. The molecule has 0 aliphatic carbocycles. The van der Waals surface area contributed by atoms with E-state index < -0.39 is 5.91 Å². The van der Waals surface area contributed by atoms with Gasteiger partial charge < -0.3 is 15.5 Å². The Morgan fingerprint density at radius 3 is 2.43 bits per heavy atom. The molecule has 1 aromatic heterocycles. The number of para-hydroxylation sites is 1. The standard InChI is InChI=1S/C16H20N4O/c1-19(13-6-4-3-5-7-13)10-11-20(2)15-8-9-18-12-14(15)16(17)21/h3-9,12H,10-11H2,1-2H3,(H2,17,21). The number of nitrogens with two attached hydrogens (primary N) is 1. The molecule has 2 N–H and O–H groups in total. The fourth-order valence-corrected chi connectivity index (χ4v) is 2.14. The molecule has 110 valence electrons. The monoisotopic (exact) mass is 284 g/mol. The number of anilines is 2. The van der Waals surface area contributed by atoms with E-state index in [1.807, 2.05) is 43.3 Å². The molecule has 0 spiro atoms. The van der Waals surface area contributed by atoms with Crippen LogP contribution in [0.2, 0.25) is 0 Å². The van der Waals surface area contributed by atoms with Gasteiger partial charge in [-0.2, -0.15) is 0 Å². The number of hydrogen-bond donors (Lipinski definition) is 1.